The van der Waals surface area contributed by atoms with Crippen LogP contribution in [0.3, 0.4) is 0 Å². The van der Waals surface area contributed by atoms with Gasteiger partial charge in [0.15, 0.2) is 0 Å². The van der Waals surface area contributed by atoms with Crippen LogP contribution in [0.1, 0.15) is 0 Å². The molecule has 0 saturated carbocycles. The summed E-state index contributed by atoms with van der Waals surface area (Å²) in [6.07, 6.45) is 0. The lowest BCUT2D eigenvalue weighted by molar-refractivity contribution is 0.996. The number of benzene rings is 8. The molecule has 0 unspecified atom stereocenters. The van der Waals surface area contributed by atoms with Gasteiger partial charge in [0.05, 0.1) is 22.4 Å². The van der Waals surface area contributed by atoms with Crippen molar-refractivity contribution in [3.8, 4) is 28.5 Å². The van der Waals surface area contributed by atoms with Gasteiger partial charge in [0, 0.05) is 21.9 Å². The average Bonchev–Trinajstić information content (AvgIpc) is 3.50. The summed E-state index contributed by atoms with van der Waals surface area (Å²) < 4.78 is 2.23. The molecule has 0 aliphatic carbocycles. The van der Waals surface area contributed by atoms with Gasteiger partial charge in [-0.05, 0) is 67.4 Å². The van der Waals surface area contributed by atoms with Crippen LogP contribution >= 0.6 is 0 Å². The van der Waals surface area contributed by atoms with Crippen LogP contribution in [0.15, 0.2) is 164 Å². The van der Waals surface area contributed by atoms with Crippen molar-refractivity contribution in [1.82, 2.24) is 14.5 Å². The first-order valence-corrected chi connectivity index (χ1v) is 16.0. The zero-order chi connectivity index (χ0) is 30.9. The molecule has 8 aromatic carbocycles. The van der Waals surface area contributed by atoms with E-state index in [0.717, 1.165) is 33.5 Å². The van der Waals surface area contributed by atoms with Gasteiger partial charge in [0.25, 0.3) is 0 Å². The first kappa shape index (κ1) is 26.0. The monoisotopic (exact) mass is 597 g/mol. The average molecular weight is 598 g/mol. The first-order valence-electron chi connectivity index (χ1n) is 16.0. The number of fused-ring (bicyclic) bond motifs is 11. The molecule has 0 bridgehead atoms. The molecular weight excluding hydrogens is 571 g/mol. The van der Waals surface area contributed by atoms with Gasteiger partial charge < -0.3 is 0 Å². The Labute approximate surface area is 271 Å². The summed E-state index contributed by atoms with van der Waals surface area (Å²) in [6.45, 7) is 0. The molecule has 0 N–H and O–H groups in total. The summed E-state index contributed by atoms with van der Waals surface area (Å²) in [4.78, 5) is 10.6. The van der Waals surface area contributed by atoms with E-state index in [1.807, 2.05) is 6.07 Å². The lowest BCUT2D eigenvalue weighted by atomic mass is 9.93. The third-order valence-corrected chi connectivity index (χ3v) is 9.59. The van der Waals surface area contributed by atoms with E-state index in [2.05, 4.69) is 162 Å². The molecule has 2 aromatic heterocycles. The molecule has 0 radical (unpaired) electrons. The molecule has 3 nitrogen and oxygen atoms in total. The number of para-hydroxylation sites is 1. The smallest absolute Gasteiger partial charge is 0.235 e. The van der Waals surface area contributed by atoms with Crippen LogP contribution in [-0.2, 0) is 0 Å². The summed E-state index contributed by atoms with van der Waals surface area (Å²) in [5.41, 5.74) is 6.08. The van der Waals surface area contributed by atoms with E-state index >= 15 is 0 Å². The van der Waals surface area contributed by atoms with Crippen molar-refractivity contribution < 1.29 is 0 Å². The van der Waals surface area contributed by atoms with Gasteiger partial charge in [0.2, 0.25) is 5.95 Å². The van der Waals surface area contributed by atoms with Crippen molar-refractivity contribution in [1.29, 1.82) is 0 Å². The van der Waals surface area contributed by atoms with Crippen LogP contribution < -0.4 is 0 Å². The predicted molar refractivity (Wildman–Crippen MR) is 197 cm³/mol. The second-order valence-electron chi connectivity index (χ2n) is 12.2. The van der Waals surface area contributed by atoms with E-state index in [1.54, 1.807) is 0 Å². The number of hydrogen-bond acceptors (Lipinski definition) is 2. The van der Waals surface area contributed by atoms with Gasteiger partial charge in [-0.3, -0.25) is 4.57 Å². The van der Waals surface area contributed by atoms with Gasteiger partial charge in [0.1, 0.15) is 0 Å². The van der Waals surface area contributed by atoms with Crippen molar-refractivity contribution >= 4 is 64.9 Å². The van der Waals surface area contributed by atoms with E-state index in [9.17, 15) is 0 Å². The summed E-state index contributed by atoms with van der Waals surface area (Å²) in [5, 5.41) is 12.4. The van der Waals surface area contributed by atoms with Crippen LogP contribution in [0, 0.1) is 0 Å². The standard InChI is InChI=1S/C44H27N3/c1-2-13-29(14-3-1)39-27-40(30-22-24-36-34-18-7-6-16-32(34)33-17-8-9-19-35(33)38(36)26-30)46-44(45-39)47-41-21-11-10-20-37(41)43-31-15-5-4-12-28(31)23-25-42(43)47/h1-27H. The zero-order valence-corrected chi connectivity index (χ0v) is 25.4. The molecule has 0 saturated heterocycles. The number of nitrogens with zero attached hydrogens (tertiary/aromatic N) is 3. The fourth-order valence-electron chi connectivity index (χ4n) is 7.46. The van der Waals surface area contributed by atoms with Gasteiger partial charge >= 0.3 is 0 Å². The van der Waals surface area contributed by atoms with Crippen LogP contribution in [0.2, 0.25) is 0 Å². The largest absolute Gasteiger partial charge is 0.278 e. The minimum absolute atomic E-state index is 0.659. The van der Waals surface area contributed by atoms with Crippen molar-refractivity contribution in [2.75, 3.05) is 0 Å². The van der Waals surface area contributed by atoms with Crippen LogP contribution in [0.25, 0.3) is 93.4 Å². The van der Waals surface area contributed by atoms with Crippen LogP contribution in [0.4, 0.5) is 0 Å². The van der Waals surface area contributed by atoms with E-state index < -0.39 is 0 Å². The minimum atomic E-state index is 0.659. The van der Waals surface area contributed by atoms with Crippen molar-refractivity contribution in [3.05, 3.63) is 164 Å². The second-order valence-corrected chi connectivity index (χ2v) is 12.2. The van der Waals surface area contributed by atoms with Gasteiger partial charge in [-0.2, -0.15) is 0 Å². The molecule has 10 rings (SSSR count). The van der Waals surface area contributed by atoms with Crippen molar-refractivity contribution in [2.45, 2.75) is 0 Å². The lowest BCUT2D eigenvalue weighted by Crippen LogP contribution is -2.04. The molecule has 2 heterocycles. The highest BCUT2D eigenvalue weighted by molar-refractivity contribution is 6.26. The summed E-state index contributed by atoms with van der Waals surface area (Å²) in [7, 11) is 0. The predicted octanol–water partition coefficient (Wildman–Crippen LogP) is 11.5. The fraction of sp³-hybridized carbons (Fsp3) is 0. The van der Waals surface area contributed by atoms with Crippen LogP contribution in [0.5, 0.6) is 0 Å². The zero-order valence-electron chi connectivity index (χ0n) is 25.4. The molecule has 0 atom stereocenters. The molecule has 0 aliphatic heterocycles. The third kappa shape index (κ3) is 3.93. The van der Waals surface area contributed by atoms with E-state index in [0.29, 0.717) is 5.95 Å². The number of aromatic nitrogens is 3. The van der Waals surface area contributed by atoms with Crippen LogP contribution in [-0.4, -0.2) is 14.5 Å². The second kappa shape index (κ2) is 10.1. The third-order valence-electron chi connectivity index (χ3n) is 9.59. The highest BCUT2D eigenvalue weighted by Gasteiger charge is 2.19. The Bertz CT molecular complexity index is 2810. The highest BCUT2D eigenvalue weighted by atomic mass is 15.2. The molecule has 3 heteroatoms. The summed E-state index contributed by atoms with van der Waals surface area (Å²) >= 11 is 0. The number of hydrogen-bond donors (Lipinski definition) is 0. The molecule has 218 valence electrons. The Morgan fingerprint density at radius 1 is 0.340 bits per heavy atom. The maximum Gasteiger partial charge on any atom is 0.235 e. The topological polar surface area (TPSA) is 30.7 Å². The normalized spacial score (nSPS) is 11.8. The Kier molecular flexibility index (Phi) is 5.57. The SMILES string of the molecule is c1ccc(-c2cc(-c3ccc4c5ccccc5c5ccccc5c4c3)nc(-n3c4ccccc4c4c5ccccc5ccc43)n2)cc1. The van der Waals surface area contributed by atoms with Gasteiger partial charge in [-0.25, -0.2) is 9.97 Å². The maximum atomic E-state index is 5.35. The highest BCUT2D eigenvalue weighted by Crippen LogP contribution is 2.39. The first-order chi connectivity index (χ1) is 23.3. The van der Waals surface area contributed by atoms with E-state index in [-0.39, 0.29) is 0 Å². The molecule has 0 fully saturated rings. The summed E-state index contributed by atoms with van der Waals surface area (Å²) in [6, 6.07) is 58.4. The lowest BCUT2D eigenvalue weighted by Gasteiger charge is -2.14. The molecule has 0 spiro atoms. The molecule has 47 heavy (non-hydrogen) atoms. The van der Waals surface area contributed by atoms with E-state index in [1.165, 1.54) is 53.9 Å². The Morgan fingerprint density at radius 2 is 0.894 bits per heavy atom. The molecular formula is C44H27N3. The minimum Gasteiger partial charge on any atom is -0.278 e. The van der Waals surface area contributed by atoms with Gasteiger partial charge in [-0.1, -0.05) is 140 Å². The van der Waals surface area contributed by atoms with Crippen molar-refractivity contribution in [3.63, 3.8) is 0 Å². The number of rotatable bonds is 3. The Balaban J connectivity index is 1.29. The molecule has 0 amide bonds. The summed E-state index contributed by atoms with van der Waals surface area (Å²) in [5.74, 6) is 0.659. The van der Waals surface area contributed by atoms with Gasteiger partial charge in [-0.15, -0.1) is 0 Å². The quantitative estimate of drug-likeness (QED) is 0.190. The fourth-order valence-corrected chi connectivity index (χ4v) is 7.46. The Hall–Kier alpha value is -6.32. The Morgan fingerprint density at radius 3 is 1.62 bits per heavy atom. The molecule has 10 aromatic rings. The van der Waals surface area contributed by atoms with Crippen molar-refractivity contribution in [2.24, 2.45) is 0 Å². The van der Waals surface area contributed by atoms with E-state index in [4.69, 9.17) is 9.97 Å². The maximum absolute atomic E-state index is 5.35. The molecule has 0 aliphatic rings.